The number of thiazole rings is 1. The highest BCUT2D eigenvalue weighted by Gasteiger charge is 2.17. The van der Waals surface area contributed by atoms with E-state index in [2.05, 4.69) is 28.9 Å². The molecule has 3 heterocycles. The first-order valence-corrected chi connectivity index (χ1v) is 7.56. The molecule has 106 valence electrons. The molecule has 3 aromatic heterocycles. The van der Waals surface area contributed by atoms with Crippen molar-refractivity contribution in [3.05, 3.63) is 21.8 Å². The van der Waals surface area contributed by atoms with E-state index in [-0.39, 0.29) is 0 Å². The van der Waals surface area contributed by atoms with Gasteiger partial charge in [-0.2, -0.15) is 5.10 Å². The first-order valence-electron chi connectivity index (χ1n) is 6.75. The number of nitrogen functional groups attached to an aromatic ring is 1. The fourth-order valence-corrected chi connectivity index (χ4v) is 3.22. The number of anilines is 1. The number of hydrogen-bond acceptors (Lipinski definition) is 5. The van der Waals surface area contributed by atoms with Crippen LogP contribution in [0.2, 0.25) is 0 Å². The zero-order chi connectivity index (χ0) is 14.3. The highest BCUT2D eigenvalue weighted by atomic mass is 32.1. The monoisotopic (exact) mass is 290 g/mol. The van der Waals surface area contributed by atoms with Crippen LogP contribution in [-0.2, 0) is 26.4 Å². The molecule has 0 saturated heterocycles. The van der Waals surface area contributed by atoms with Crippen molar-refractivity contribution in [3.63, 3.8) is 0 Å². The van der Waals surface area contributed by atoms with E-state index < -0.39 is 0 Å². The first kappa shape index (κ1) is 13.1. The molecule has 7 heteroatoms. The molecule has 3 rings (SSSR count). The molecule has 2 N–H and O–H groups in total. The van der Waals surface area contributed by atoms with Crippen LogP contribution in [0.25, 0.3) is 11.2 Å². The number of imidazole rings is 1. The number of nitrogens with zero attached hydrogens (tertiary/aromatic N) is 5. The van der Waals surface area contributed by atoms with Crippen molar-refractivity contribution < 1.29 is 0 Å². The van der Waals surface area contributed by atoms with Crippen LogP contribution in [-0.4, -0.2) is 24.3 Å². The third-order valence-electron chi connectivity index (χ3n) is 3.40. The van der Waals surface area contributed by atoms with E-state index in [1.165, 1.54) is 4.88 Å². The van der Waals surface area contributed by atoms with Gasteiger partial charge in [0.1, 0.15) is 10.5 Å². The van der Waals surface area contributed by atoms with Gasteiger partial charge in [0, 0.05) is 18.1 Å². The molecule has 6 nitrogen and oxygen atoms in total. The van der Waals surface area contributed by atoms with Crippen LogP contribution < -0.4 is 5.73 Å². The third-order valence-corrected chi connectivity index (χ3v) is 4.53. The molecule has 0 spiro atoms. The summed E-state index contributed by atoms with van der Waals surface area (Å²) in [7, 11) is 1.93. The topological polar surface area (TPSA) is 74.6 Å². The van der Waals surface area contributed by atoms with Gasteiger partial charge in [0.15, 0.2) is 5.65 Å². The number of aromatic nitrogens is 5. The van der Waals surface area contributed by atoms with Crippen molar-refractivity contribution in [2.24, 2.45) is 7.05 Å². The predicted octanol–water partition coefficient (Wildman–Crippen LogP) is 1.98. The van der Waals surface area contributed by atoms with E-state index in [4.69, 9.17) is 5.73 Å². The largest absolute Gasteiger partial charge is 0.369 e. The Labute approximate surface area is 121 Å². The molecule has 0 aliphatic rings. The second kappa shape index (κ2) is 4.90. The van der Waals surface area contributed by atoms with E-state index >= 15 is 0 Å². The number of fused-ring (bicyclic) bond motifs is 1. The maximum absolute atomic E-state index is 6.06. The Kier molecular flexibility index (Phi) is 3.21. The predicted molar refractivity (Wildman–Crippen MR) is 80.9 cm³/mol. The number of aryl methyl sites for hydroxylation is 3. The molecule has 0 aromatic carbocycles. The molecule has 0 atom stereocenters. The minimum absolute atomic E-state index is 0.524. The molecule has 0 fully saturated rings. The van der Waals surface area contributed by atoms with Crippen molar-refractivity contribution in [3.8, 4) is 0 Å². The van der Waals surface area contributed by atoms with Crippen LogP contribution in [0.4, 0.5) is 5.95 Å². The second-order valence-corrected chi connectivity index (χ2v) is 5.93. The summed E-state index contributed by atoms with van der Waals surface area (Å²) < 4.78 is 3.84. The van der Waals surface area contributed by atoms with Gasteiger partial charge in [0.2, 0.25) is 5.95 Å². The van der Waals surface area contributed by atoms with Crippen LogP contribution >= 0.6 is 11.3 Å². The van der Waals surface area contributed by atoms with Gasteiger partial charge in [0.25, 0.3) is 0 Å². The molecule has 0 unspecified atom stereocenters. The summed E-state index contributed by atoms with van der Waals surface area (Å²) in [6.45, 7) is 4.86. The number of hydrogen-bond donors (Lipinski definition) is 1. The maximum atomic E-state index is 6.06. The van der Waals surface area contributed by atoms with Gasteiger partial charge >= 0.3 is 0 Å². The van der Waals surface area contributed by atoms with Crippen LogP contribution in [0.5, 0.6) is 0 Å². The highest BCUT2D eigenvalue weighted by molar-refractivity contribution is 7.11. The van der Waals surface area contributed by atoms with Crippen molar-refractivity contribution in [2.45, 2.75) is 33.2 Å². The molecule has 3 aromatic rings. The zero-order valence-electron chi connectivity index (χ0n) is 11.9. The van der Waals surface area contributed by atoms with Crippen LogP contribution in [0.3, 0.4) is 0 Å². The van der Waals surface area contributed by atoms with Gasteiger partial charge in [-0.3, -0.25) is 9.25 Å². The zero-order valence-corrected chi connectivity index (χ0v) is 12.7. The maximum Gasteiger partial charge on any atom is 0.202 e. The molecular weight excluding hydrogens is 272 g/mol. The Morgan fingerprint density at radius 2 is 2.10 bits per heavy atom. The van der Waals surface area contributed by atoms with Crippen LogP contribution in [0.1, 0.15) is 29.4 Å². The van der Waals surface area contributed by atoms with Crippen molar-refractivity contribution in [1.29, 1.82) is 0 Å². The third kappa shape index (κ3) is 1.98. The smallest absolute Gasteiger partial charge is 0.202 e. The number of nitrogens with two attached hydrogens (primary N) is 1. The highest BCUT2D eigenvalue weighted by Crippen LogP contribution is 2.23. The van der Waals surface area contributed by atoms with Crippen molar-refractivity contribution >= 4 is 28.4 Å². The summed E-state index contributed by atoms with van der Waals surface area (Å²) in [5.74, 6) is 0.524. The molecule has 0 aliphatic carbocycles. The van der Waals surface area contributed by atoms with Crippen LogP contribution in [0.15, 0.2) is 6.20 Å². The van der Waals surface area contributed by atoms with Gasteiger partial charge in [-0.15, -0.1) is 11.3 Å². The van der Waals surface area contributed by atoms with Crippen molar-refractivity contribution in [1.82, 2.24) is 24.3 Å². The number of rotatable bonds is 4. The molecule has 0 saturated carbocycles. The summed E-state index contributed by atoms with van der Waals surface area (Å²) in [6.07, 6.45) is 3.80. The van der Waals surface area contributed by atoms with Crippen LogP contribution in [0, 0.1) is 0 Å². The fraction of sp³-hybridized carbons (Fsp3) is 0.462. The fourth-order valence-electron chi connectivity index (χ4n) is 2.37. The molecule has 0 bridgehead atoms. The van der Waals surface area contributed by atoms with Gasteiger partial charge in [-0.05, 0) is 12.8 Å². The lowest BCUT2D eigenvalue weighted by Gasteiger charge is -2.04. The van der Waals surface area contributed by atoms with E-state index in [1.807, 2.05) is 22.5 Å². The Morgan fingerprint density at radius 1 is 1.30 bits per heavy atom. The quantitative estimate of drug-likeness (QED) is 0.797. The first-order chi connectivity index (χ1) is 9.63. The Morgan fingerprint density at radius 3 is 2.75 bits per heavy atom. The Hall–Kier alpha value is -1.89. The minimum Gasteiger partial charge on any atom is -0.369 e. The summed E-state index contributed by atoms with van der Waals surface area (Å²) in [5, 5.41) is 5.54. The molecule has 20 heavy (non-hydrogen) atoms. The van der Waals surface area contributed by atoms with Gasteiger partial charge in [-0.1, -0.05) is 13.8 Å². The van der Waals surface area contributed by atoms with E-state index in [0.29, 0.717) is 12.5 Å². The lowest BCUT2D eigenvalue weighted by atomic mass is 10.3. The van der Waals surface area contributed by atoms with Gasteiger partial charge < -0.3 is 5.73 Å². The Bertz CT molecular complexity index is 750. The normalized spacial score (nSPS) is 11.6. The average molecular weight is 290 g/mol. The molecule has 0 amide bonds. The standard InChI is InChI=1S/C13H18N6S/c1-4-8-6-15-10(20-8)7-19-12-11(16-13(19)14)9(5-2)17-18(12)3/h6H,4-5,7H2,1-3H3,(H2,14,16). The van der Waals surface area contributed by atoms with E-state index in [1.54, 1.807) is 11.3 Å². The van der Waals surface area contributed by atoms with Crippen molar-refractivity contribution in [2.75, 3.05) is 5.73 Å². The van der Waals surface area contributed by atoms with E-state index in [9.17, 15) is 0 Å². The SMILES string of the molecule is CCc1cnc(Cn2c(N)nc3c(CC)nn(C)c32)s1. The molecule has 0 radical (unpaired) electrons. The lowest BCUT2D eigenvalue weighted by Crippen LogP contribution is -2.07. The Balaban J connectivity index is 2.06. The summed E-state index contributed by atoms with van der Waals surface area (Å²) >= 11 is 1.72. The summed E-state index contributed by atoms with van der Waals surface area (Å²) in [6, 6.07) is 0. The minimum atomic E-state index is 0.524. The van der Waals surface area contributed by atoms with E-state index in [0.717, 1.165) is 34.7 Å². The summed E-state index contributed by atoms with van der Waals surface area (Å²) in [4.78, 5) is 10.2. The average Bonchev–Trinajstić information content (AvgIpc) is 3.09. The van der Waals surface area contributed by atoms with Gasteiger partial charge in [0.05, 0.1) is 12.2 Å². The second-order valence-electron chi connectivity index (χ2n) is 4.73. The molecule has 0 aliphatic heterocycles. The lowest BCUT2D eigenvalue weighted by molar-refractivity contribution is 0.718. The molecular formula is C13H18N6S. The summed E-state index contributed by atoms with van der Waals surface area (Å²) in [5.41, 5.74) is 8.92. The van der Waals surface area contributed by atoms with Gasteiger partial charge in [-0.25, -0.2) is 9.97 Å².